The van der Waals surface area contributed by atoms with Crippen LogP contribution < -0.4 is 5.32 Å². The van der Waals surface area contributed by atoms with Crippen molar-refractivity contribution < 1.29 is 0 Å². The number of aryl methyl sites for hydroxylation is 3. The quantitative estimate of drug-likeness (QED) is 0.779. The van der Waals surface area contributed by atoms with Gasteiger partial charge in [-0.05, 0) is 29.3 Å². The van der Waals surface area contributed by atoms with Crippen LogP contribution in [0.5, 0.6) is 0 Å². The highest BCUT2D eigenvalue weighted by atomic mass is 79.9. The minimum atomic E-state index is 0.800. The molecule has 20 heavy (non-hydrogen) atoms. The molecular formula is C13H21BrN6. The molecule has 0 saturated heterocycles. The van der Waals surface area contributed by atoms with E-state index in [9.17, 15) is 0 Å². The molecule has 2 aromatic heterocycles. The summed E-state index contributed by atoms with van der Waals surface area (Å²) in [6, 6.07) is 0. The number of halogens is 1. The molecule has 0 amide bonds. The van der Waals surface area contributed by atoms with Gasteiger partial charge in [0.25, 0.3) is 0 Å². The zero-order chi connectivity index (χ0) is 14.5. The summed E-state index contributed by atoms with van der Waals surface area (Å²) < 4.78 is 4.91. The van der Waals surface area contributed by atoms with Gasteiger partial charge in [0.1, 0.15) is 6.33 Å². The average Bonchev–Trinajstić information content (AvgIpc) is 2.99. The minimum Gasteiger partial charge on any atom is -0.311 e. The minimum absolute atomic E-state index is 0.800. The van der Waals surface area contributed by atoms with Crippen LogP contribution in [0.3, 0.4) is 0 Å². The van der Waals surface area contributed by atoms with Gasteiger partial charge in [-0.1, -0.05) is 6.92 Å². The molecule has 0 aromatic carbocycles. The van der Waals surface area contributed by atoms with Gasteiger partial charge in [-0.2, -0.15) is 10.2 Å². The molecule has 2 rings (SSSR count). The molecule has 7 heteroatoms. The Kier molecular flexibility index (Phi) is 5.31. The second-order valence-corrected chi connectivity index (χ2v) is 5.43. The fraction of sp³-hybridized carbons (Fsp3) is 0.615. The van der Waals surface area contributed by atoms with Crippen LogP contribution in [0.1, 0.15) is 31.1 Å². The topological polar surface area (TPSA) is 60.6 Å². The highest BCUT2D eigenvalue weighted by molar-refractivity contribution is 9.10. The van der Waals surface area contributed by atoms with Gasteiger partial charge in [-0.15, -0.1) is 0 Å². The fourth-order valence-corrected chi connectivity index (χ4v) is 2.80. The number of nitrogens with one attached hydrogen (secondary N) is 1. The van der Waals surface area contributed by atoms with Gasteiger partial charge in [0.15, 0.2) is 5.82 Å². The van der Waals surface area contributed by atoms with E-state index in [1.165, 1.54) is 5.69 Å². The van der Waals surface area contributed by atoms with Crippen molar-refractivity contribution in [2.45, 2.75) is 39.8 Å². The normalized spacial score (nSPS) is 11.2. The summed E-state index contributed by atoms with van der Waals surface area (Å²) >= 11 is 3.65. The van der Waals surface area contributed by atoms with E-state index in [0.717, 1.165) is 48.5 Å². The van der Waals surface area contributed by atoms with E-state index in [2.05, 4.69) is 55.0 Å². The smallest absolute Gasteiger partial charge is 0.151 e. The summed E-state index contributed by atoms with van der Waals surface area (Å²) in [5, 5.41) is 12.3. The Labute approximate surface area is 127 Å². The number of nitrogens with zero attached hydrogens (tertiary/aromatic N) is 5. The lowest BCUT2D eigenvalue weighted by Crippen LogP contribution is -2.20. The van der Waals surface area contributed by atoms with Gasteiger partial charge in [-0.25, -0.2) is 4.98 Å². The van der Waals surface area contributed by atoms with Crippen molar-refractivity contribution >= 4 is 15.9 Å². The lowest BCUT2D eigenvalue weighted by atomic mass is 10.3. The predicted molar refractivity (Wildman–Crippen MR) is 81.4 cm³/mol. The first-order chi connectivity index (χ1) is 9.65. The first-order valence-electron chi connectivity index (χ1n) is 6.95. The SMILES string of the molecule is CCc1nn(CC)c(CNCCc2ncn(C)n2)c1Br. The van der Waals surface area contributed by atoms with Crippen molar-refractivity contribution in [1.82, 2.24) is 29.9 Å². The van der Waals surface area contributed by atoms with Crippen molar-refractivity contribution in [2.75, 3.05) is 6.54 Å². The molecule has 0 aliphatic rings. The number of rotatable bonds is 7. The summed E-state index contributed by atoms with van der Waals surface area (Å²) in [7, 11) is 1.88. The molecule has 1 N–H and O–H groups in total. The molecule has 0 radical (unpaired) electrons. The summed E-state index contributed by atoms with van der Waals surface area (Å²) in [6.45, 7) is 6.77. The first kappa shape index (κ1) is 15.2. The summed E-state index contributed by atoms with van der Waals surface area (Å²) in [6.07, 6.45) is 3.50. The van der Waals surface area contributed by atoms with E-state index >= 15 is 0 Å². The molecule has 0 saturated carbocycles. The number of hydrogen-bond acceptors (Lipinski definition) is 4. The Bertz CT molecular complexity index is 559. The van der Waals surface area contributed by atoms with Gasteiger partial charge < -0.3 is 5.32 Å². The van der Waals surface area contributed by atoms with Crippen LogP contribution in [0.2, 0.25) is 0 Å². The van der Waals surface area contributed by atoms with Crippen LogP contribution in [-0.4, -0.2) is 31.1 Å². The largest absolute Gasteiger partial charge is 0.311 e. The van der Waals surface area contributed by atoms with Crippen LogP contribution in [-0.2, 0) is 33.0 Å². The van der Waals surface area contributed by atoms with E-state index in [-0.39, 0.29) is 0 Å². The van der Waals surface area contributed by atoms with Gasteiger partial charge in [0, 0.05) is 33.1 Å². The molecule has 0 bridgehead atoms. The van der Waals surface area contributed by atoms with Crippen molar-refractivity contribution in [3.8, 4) is 0 Å². The molecule has 0 unspecified atom stereocenters. The van der Waals surface area contributed by atoms with Gasteiger partial charge in [0.05, 0.1) is 15.9 Å². The third-order valence-electron chi connectivity index (χ3n) is 3.16. The monoisotopic (exact) mass is 340 g/mol. The third-order valence-corrected chi connectivity index (χ3v) is 4.07. The van der Waals surface area contributed by atoms with E-state index in [0.29, 0.717) is 0 Å². The number of aromatic nitrogens is 5. The van der Waals surface area contributed by atoms with Crippen molar-refractivity contribution in [1.29, 1.82) is 0 Å². The summed E-state index contributed by atoms with van der Waals surface area (Å²) in [5.74, 6) is 0.873. The molecule has 0 aliphatic heterocycles. The molecule has 2 aromatic rings. The van der Waals surface area contributed by atoms with E-state index < -0.39 is 0 Å². The lowest BCUT2D eigenvalue weighted by molar-refractivity contribution is 0.574. The Morgan fingerprint density at radius 2 is 2.10 bits per heavy atom. The maximum Gasteiger partial charge on any atom is 0.151 e. The molecule has 0 aliphatic carbocycles. The Morgan fingerprint density at radius 1 is 1.30 bits per heavy atom. The van der Waals surface area contributed by atoms with Crippen LogP contribution in [0.25, 0.3) is 0 Å². The lowest BCUT2D eigenvalue weighted by Gasteiger charge is -2.06. The third kappa shape index (κ3) is 3.46. The van der Waals surface area contributed by atoms with Crippen LogP contribution in [0.4, 0.5) is 0 Å². The molecule has 110 valence electrons. The Balaban J connectivity index is 1.89. The molecule has 0 fully saturated rings. The van der Waals surface area contributed by atoms with E-state index in [1.807, 2.05) is 7.05 Å². The predicted octanol–water partition coefficient (Wildman–Crippen LogP) is 1.69. The Hall–Kier alpha value is -1.21. The van der Waals surface area contributed by atoms with Gasteiger partial charge in [0.2, 0.25) is 0 Å². The van der Waals surface area contributed by atoms with Crippen molar-refractivity contribution in [3.05, 3.63) is 28.0 Å². The van der Waals surface area contributed by atoms with Crippen LogP contribution in [0, 0.1) is 0 Å². The average molecular weight is 341 g/mol. The van der Waals surface area contributed by atoms with Gasteiger partial charge in [-0.3, -0.25) is 9.36 Å². The molecule has 6 nitrogen and oxygen atoms in total. The van der Waals surface area contributed by atoms with E-state index in [4.69, 9.17) is 0 Å². The maximum atomic E-state index is 4.59. The highest BCUT2D eigenvalue weighted by Crippen LogP contribution is 2.22. The van der Waals surface area contributed by atoms with Gasteiger partial charge >= 0.3 is 0 Å². The molecular weight excluding hydrogens is 320 g/mol. The zero-order valence-electron chi connectivity index (χ0n) is 12.2. The molecule has 0 spiro atoms. The van der Waals surface area contributed by atoms with Crippen LogP contribution in [0.15, 0.2) is 10.8 Å². The maximum absolute atomic E-state index is 4.59. The summed E-state index contributed by atoms with van der Waals surface area (Å²) in [4.78, 5) is 4.21. The fourth-order valence-electron chi connectivity index (χ4n) is 2.09. The Morgan fingerprint density at radius 3 is 2.70 bits per heavy atom. The second-order valence-electron chi connectivity index (χ2n) is 4.64. The number of hydrogen-bond donors (Lipinski definition) is 1. The van der Waals surface area contributed by atoms with E-state index in [1.54, 1.807) is 11.0 Å². The van der Waals surface area contributed by atoms with Crippen molar-refractivity contribution in [2.24, 2.45) is 7.05 Å². The standard InChI is InChI=1S/C13H21BrN6/c1-4-10-13(14)11(20(5-2)17-10)8-15-7-6-12-16-9-19(3)18-12/h9,15H,4-8H2,1-3H3. The second kappa shape index (κ2) is 6.99. The first-order valence-corrected chi connectivity index (χ1v) is 7.74. The molecule has 2 heterocycles. The summed E-state index contributed by atoms with van der Waals surface area (Å²) in [5.41, 5.74) is 2.33. The zero-order valence-corrected chi connectivity index (χ0v) is 13.8. The van der Waals surface area contributed by atoms with Crippen molar-refractivity contribution in [3.63, 3.8) is 0 Å². The highest BCUT2D eigenvalue weighted by Gasteiger charge is 2.13. The molecule has 0 atom stereocenters. The van der Waals surface area contributed by atoms with Crippen LogP contribution >= 0.6 is 15.9 Å².